The second kappa shape index (κ2) is 9.88. The molecule has 0 radical (unpaired) electrons. The van der Waals surface area contributed by atoms with E-state index in [1.165, 1.54) is 18.3 Å². The molecule has 1 heterocycles. The summed E-state index contributed by atoms with van der Waals surface area (Å²) in [4.78, 5) is 0. The Morgan fingerprint density at radius 1 is 1.19 bits per heavy atom. The van der Waals surface area contributed by atoms with E-state index in [4.69, 9.17) is 10.1 Å². The molecular formula is C22H26FN3O. The lowest BCUT2D eigenvalue weighted by atomic mass is 10.1. The number of nitrogens with one attached hydrogen (secondary N) is 3. The van der Waals surface area contributed by atoms with Gasteiger partial charge in [-0.3, -0.25) is 0 Å². The predicted octanol–water partition coefficient (Wildman–Crippen LogP) is 3.78. The van der Waals surface area contributed by atoms with Crippen LogP contribution in [0.3, 0.4) is 0 Å². The Hall–Kier alpha value is -2.66. The molecule has 0 aliphatic carbocycles. The van der Waals surface area contributed by atoms with Crippen molar-refractivity contribution in [1.29, 1.82) is 5.41 Å². The van der Waals surface area contributed by atoms with Gasteiger partial charge in [0.25, 0.3) is 0 Å². The third-order valence-electron chi connectivity index (χ3n) is 4.71. The lowest BCUT2D eigenvalue weighted by Gasteiger charge is -2.23. The normalized spacial score (nSPS) is 15.4. The summed E-state index contributed by atoms with van der Waals surface area (Å²) >= 11 is 0. The topological polar surface area (TPSA) is 57.1 Å². The van der Waals surface area contributed by atoms with Crippen LogP contribution in [0.4, 0.5) is 4.39 Å². The van der Waals surface area contributed by atoms with Crippen molar-refractivity contribution in [3.05, 3.63) is 71.7 Å². The standard InChI is InChI=1S/C22H26FN3O/c23-20-6-4-17(5-7-20)10-13-27-22-3-1-2-18(14-22)19(15-24)16-26-21-8-11-25-12-9-21/h1-7,14-16,21,24-26H,8-13H2/b19-16+,24-15?. The zero-order valence-corrected chi connectivity index (χ0v) is 15.4. The van der Waals surface area contributed by atoms with Gasteiger partial charge >= 0.3 is 0 Å². The van der Waals surface area contributed by atoms with E-state index in [0.717, 1.165) is 54.8 Å². The maximum absolute atomic E-state index is 12.9. The van der Waals surface area contributed by atoms with Crippen molar-refractivity contribution in [2.24, 2.45) is 0 Å². The third-order valence-corrected chi connectivity index (χ3v) is 4.71. The van der Waals surface area contributed by atoms with Gasteiger partial charge in [-0.15, -0.1) is 0 Å². The highest BCUT2D eigenvalue weighted by atomic mass is 19.1. The van der Waals surface area contributed by atoms with Gasteiger partial charge in [-0.2, -0.15) is 0 Å². The molecule has 1 aliphatic rings. The molecule has 1 aliphatic heterocycles. The molecule has 0 saturated carbocycles. The predicted molar refractivity (Wildman–Crippen MR) is 108 cm³/mol. The van der Waals surface area contributed by atoms with Crippen LogP contribution in [0, 0.1) is 11.2 Å². The van der Waals surface area contributed by atoms with E-state index in [9.17, 15) is 4.39 Å². The fraction of sp³-hybridized carbons (Fsp3) is 0.318. The minimum atomic E-state index is -0.226. The Balaban J connectivity index is 1.57. The highest BCUT2D eigenvalue weighted by Gasteiger charge is 2.11. The van der Waals surface area contributed by atoms with Gasteiger partial charge in [-0.1, -0.05) is 24.3 Å². The van der Waals surface area contributed by atoms with Crippen LogP contribution in [0.2, 0.25) is 0 Å². The van der Waals surface area contributed by atoms with Gasteiger partial charge in [0.15, 0.2) is 0 Å². The van der Waals surface area contributed by atoms with E-state index in [1.54, 1.807) is 12.1 Å². The van der Waals surface area contributed by atoms with Gasteiger partial charge < -0.3 is 20.8 Å². The van der Waals surface area contributed by atoms with E-state index in [-0.39, 0.29) is 5.82 Å². The molecule has 27 heavy (non-hydrogen) atoms. The lowest BCUT2D eigenvalue weighted by Crippen LogP contribution is -2.37. The molecule has 5 heteroatoms. The Labute approximate surface area is 160 Å². The van der Waals surface area contributed by atoms with Crippen molar-refractivity contribution in [2.75, 3.05) is 19.7 Å². The van der Waals surface area contributed by atoms with Crippen molar-refractivity contribution in [3.8, 4) is 5.75 Å². The summed E-state index contributed by atoms with van der Waals surface area (Å²) < 4.78 is 18.8. The smallest absolute Gasteiger partial charge is 0.123 e. The molecule has 4 nitrogen and oxygen atoms in total. The molecule has 3 N–H and O–H groups in total. The van der Waals surface area contributed by atoms with E-state index >= 15 is 0 Å². The van der Waals surface area contributed by atoms with Gasteiger partial charge in [0.05, 0.1) is 6.61 Å². The molecule has 1 saturated heterocycles. The minimum absolute atomic E-state index is 0.226. The average molecular weight is 367 g/mol. The number of rotatable bonds is 8. The second-order valence-corrected chi connectivity index (χ2v) is 6.69. The monoisotopic (exact) mass is 367 g/mol. The quantitative estimate of drug-likeness (QED) is 0.623. The van der Waals surface area contributed by atoms with Gasteiger partial charge in [0.1, 0.15) is 11.6 Å². The first-order valence-electron chi connectivity index (χ1n) is 9.40. The highest BCUT2D eigenvalue weighted by molar-refractivity contribution is 6.08. The SMILES string of the molecule is N=C/C(=C\NC1CCNCC1)c1cccc(OCCc2ccc(F)cc2)c1. The van der Waals surface area contributed by atoms with Crippen molar-refractivity contribution >= 4 is 11.8 Å². The summed E-state index contributed by atoms with van der Waals surface area (Å²) in [7, 11) is 0. The molecule has 3 rings (SSSR count). The average Bonchev–Trinajstić information content (AvgIpc) is 2.71. The molecule has 0 atom stereocenters. The van der Waals surface area contributed by atoms with Crippen molar-refractivity contribution in [1.82, 2.24) is 10.6 Å². The Morgan fingerprint density at radius 2 is 1.96 bits per heavy atom. The summed E-state index contributed by atoms with van der Waals surface area (Å²) in [5, 5.41) is 14.5. The molecule has 0 bridgehead atoms. The summed E-state index contributed by atoms with van der Waals surface area (Å²) in [6.45, 7) is 2.58. The molecule has 1 fully saturated rings. The minimum Gasteiger partial charge on any atom is -0.493 e. The number of hydrogen-bond donors (Lipinski definition) is 3. The van der Waals surface area contributed by atoms with Gasteiger partial charge in [-0.05, 0) is 61.3 Å². The van der Waals surface area contributed by atoms with Crippen LogP contribution in [0.15, 0.2) is 54.7 Å². The number of benzene rings is 2. The van der Waals surface area contributed by atoms with Crippen LogP contribution < -0.4 is 15.4 Å². The Kier molecular flexibility index (Phi) is 6.99. The summed E-state index contributed by atoms with van der Waals surface area (Å²) in [5.41, 5.74) is 2.82. The fourth-order valence-electron chi connectivity index (χ4n) is 3.11. The molecule has 0 aromatic heterocycles. The van der Waals surface area contributed by atoms with Crippen LogP contribution in [0.5, 0.6) is 5.75 Å². The molecule has 0 unspecified atom stereocenters. The first-order chi connectivity index (χ1) is 13.2. The van der Waals surface area contributed by atoms with Crippen LogP contribution >= 0.6 is 0 Å². The second-order valence-electron chi connectivity index (χ2n) is 6.69. The van der Waals surface area contributed by atoms with Crippen LogP contribution in [-0.2, 0) is 6.42 Å². The number of allylic oxidation sites excluding steroid dienone is 1. The Bertz CT molecular complexity index is 767. The van der Waals surface area contributed by atoms with E-state index in [1.807, 2.05) is 30.5 Å². The largest absolute Gasteiger partial charge is 0.493 e. The Morgan fingerprint density at radius 3 is 2.70 bits per heavy atom. The lowest BCUT2D eigenvalue weighted by molar-refractivity contribution is 0.322. The van der Waals surface area contributed by atoms with Gasteiger partial charge in [0, 0.05) is 30.5 Å². The third kappa shape index (κ3) is 5.93. The highest BCUT2D eigenvalue weighted by Crippen LogP contribution is 2.19. The molecular weight excluding hydrogens is 341 g/mol. The summed E-state index contributed by atoms with van der Waals surface area (Å²) in [5.74, 6) is 0.542. The van der Waals surface area contributed by atoms with Crippen molar-refractivity contribution in [2.45, 2.75) is 25.3 Å². The number of halogens is 1. The molecule has 2 aromatic carbocycles. The summed E-state index contributed by atoms with van der Waals surface area (Å²) in [6.07, 6.45) is 6.20. The fourth-order valence-corrected chi connectivity index (χ4v) is 3.11. The van der Waals surface area contributed by atoms with Crippen LogP contribution in [-0.4, -0.2) is 32.0 Å². The number of hydrogen-bond acceptors (Lipinski definition) is 4. The van der Waals surface area contributed by atoms with Crippen LogP contribution in [0.1, 0.15) is 24.0 Å². The first-order valence-corrected chi connectivity index (χ1v) is 9.40. The molecule has 0 spiro atoms. The maximum Gasteiger partial charge on any atom is 0.123 e. The van der Waals surface area contributed by atoms with Crippen LogP contribution in [0.25, 0.3) is 5.57 Å². The zero-order chi connectivity index (χ0) is 18.9. The summed E-state index contributed by atoms with van der Waals surface area (Å²) in [6, 6.07) is 14.7. The van der Waals surface area contributed by atoms with E-state index < -0.39 is 0 Å². The molecule has 2 aromatic rings. The van der Waals surface area contributed by atoms with Gasteiger partial charge in [0.2, 0.25) is 0 Å². The maximum atomic E-state index is 12.9. The van der Waals surface area contributed by atoms with E-state index in [0.29, 0.717) is 12.6 Å². The van der Waals surface area contributed by atoms with Gasteiger partial charge in [-0.25, -0.2) is 4.39 Å². The van der Waals surface area contributed by atoms with Crippen molar-refractivity contribution in [3.63, 3.8) is 0 Å². The number of ether oxygens (including phenoxy) is 1. The molecule has 142 valence electrons. The first kappa shape index (κ1) is 19.1. The molecule has 0 amide bonds. The van der Waals surface area contributed by atoms with Crippen molar-refractivity contribution < 1.29 is 9.13 Å². The van der Waals surface area contributed by atoms with E-state index in [2.05, 4.69) is 10.6 Å². The number of piperidine rings is 1. The zero-order valence-electron chi connectivity index (χ0n) is 15.4.